The van der Waals surface area contributed by atoms with Gasteiger partial charge in [-0.2, -0.15) is 4.31 Å². The first-order valence-electron chi connectivity index (χ1n) is 9.19. The van der Waals surface area contributed by atoms with Crippen molar-refractivity contribution in [2.24, 2.45) is 0 Å². The molecule has 1 saturated heterocycles. The maximum atomic E-state index is 12.9. The van der Waals surface area contributed by atoms with Crippen LogP contribution in [0.2, 0.25) is 0 Å². The zero-order valence-corrected chi connectivity index (χ0v) is 16.3. The number of carbonyl (C=O) groups is 1. The van der Waals surface area contributed by atoms with Crippen molar-refractivity contribution in [1.82, 2.24) is 13.9 Å². The number of Topliss-reactive ketones (excluding diaryl/α,β-unsaturated/α-hetero) is 1. The van der Waals surface area contributed by atoms with Crippen LogP contribution in [0.3, 0.4) is 0 Å². The lowest BCUT2D eigenvalue weighted by Gasteiger charge is -2.16. The normalized spacial score (nSPS) is 15.3. The van der Waals surface area contributed by atoms with Crippen LogP contribution in [0.5, 0.6) is 0 Å². The monoisotopic (exact) mass is 399 g/mol. The highest BCUT2D eigenvalue weighted by Crippen LogP contribution is 2.23. The topological polar surface area (TPSA) is 92.2 Å². The summed E-state index contributed by atoms with van der Waals surface area (Å²) in [7, 11) is -3.65. The molecule has 0 spiro atoms. The van der Waals surface area contributed by atoms with E-state index in [9.17, 15) is 18.0 Å². The molecule has 0 amide bonds. The van der Waals surface area contributed by atoms with Gasteiger partial charge in [-0.15, -0.1) is 0 Å². The summed E-state index contributed by atoms with van der Waals surface area (Å²) in [6, 6.07) is 9.98. The molecule has 0 bridgehead atoms. The van der Waals surface area contributed by atoms with Crippen molar-refractivity contribution < 1.29 is 13.2 Å². The Labute approximate surface area is 162 Å². The van der Waals surface area contributed by atoms with Gasteiger partial charge in [-0.25, -0.2) is 8.42 Å². The Morgan fingerprint density at radius 1 is 1.11 bits per heavy atom. The molecule has 0 aliphatic carbocycles. The molecule has 146 valence electrons. The van der Waals surface area contributed by atoms with Gasteiger partial charge >= 0.3 is 0 Å². The van der Waals surface area contributed by atoms with Crippen molar-refractivity contribution in [3.63, 3.8) is 0 Å². The lowest BCUT2D eigenvalue weighted by Crippen LogP contribution is -2.30. The minimum Gasteiger partial charge on any atom is -0.358 e. The Kier molecular flexibility index (Phi) is 4.68. The van der Waals surface area contributed by atoms with Crippen LogP contribution in [0.4, 0.5) is 0 Å². The van der Waals surface area contributed by atoms with Gasteiger partial charge in [0.05, 0.1) is 11.4 Å². The second-order valence-electron chi connectivity index (χ2n) is 7.04. The zero-order valence-electron chi connectivity index (χ0n) is 15.5. The highest BCUT2D eigenvalue weighted by molar-refractivity contribution is 7.89. The number of benzene rings is 1. The van der Waals surface area contributed by atoms with Crippen LogP contribution in [0.15, 0.2) is 52.3 Å². The van der Waals surface area contributed by atoms with Crippen LogP contribution in [-0.2, 0) is 16.6 Å². The first kappa shape index (κ1) is 18.6. The van der Waals surface area contributed by atoms with Gasteiger partial charge in [-0.3, -0.25) is 9.59 Å². The van der Waals surface area contributed by atoms with E-state index >= 15 is 0 Å². The molecule has 1 fully saturated rings. The Morgan fingerprint density at radius 2 is 1.82 bits per heavy atom. The lowest BCUT2D eigenvalue weighted by molar-refractivity contribution is 0.0971. The second-order valence-corrected chi connectivity index (χ2v) is 8.97. The van der Waals surface area contributed by atoms with Crippen LogP contribution in [0.25, 0.3) is 10.9 Å². The van der Waals surface area contributed by atoms with E-state index < -0.39 is 15.6 Å². The second kappa shape index (κ2) is 7.03. The van der Waals surface area contributed by atoms with E-state index in [0.717, 1.165) is 29.4 Å². The molecule has 7 nitrogen and oxygen atoms in total. The van der Waals surface area contributed by atoms with Crippen molar-refractivity contribution in [3.8, 4) is 0 Å². The molecule has 3 aromatic rings. The fourth-order valence-electron chi connectivity index (χ4n) is 3.73. The number of carbonyl (C=O) groups excluding carboxylic acids is 1. The lowest BCUT2D eigenvalue weighted by atomic mass is 10.1. The molecular weight excluding hydrogens is 378 g/mol. The number of aromatic amines is 1. The molecule has 8 heteroatoms. The summed E-state index contributed by atoms with van der Waals surface area (Å²) >= 11 is 0. The van der Waals surface area contributed by atoms with Gasteiger partial charge < -0.3 is 9.55 Å². The number of H-pyrrole nitrogens is 1. The SMILES string of the molecule is Cc1[nH]c2ccccc2c1C(=O)Cn1cc(S(=O)(=O)N2CCCC2)ccc1=O. The van der Waals surface area contributed by atoms with Gasteiger partial charge in [0.25, 0.3) is 5.56 Å². The van der Waals surface area contributed by atoms with Crippen molar-refractivity contribution in [2.45, 2.75) is 31.2 Å². The number of aryl methyl sites for hydroxylation is 1. The summed E-state index contributed by atoms with van der Waals surface area (Å²) in [5.41, 5.74) is 1.68. The van der Waals surface area contributed by atoms with Crippen LogP contribution in [0, 0.1) is 6.92 Å². The van der Waals surface area contributed by atoms with E-state index in [0.29, 0.717) is 18.7 Å². The molecule has 1 aliphatic heterocycles. The highest BCUT2D eigenvalue weighted by Gasteiger charge is 2.28. The molecule has 1 N–H and O–H groups in total. The van der Waals surface area contributed by atoms with Gasteiger partial charge in [-0.1, -0.05) is 18.2 Å². The number of ketones is 1. The Bertz CT molecular complexity index is 1220. The molecule has 1 aliphatic rings. The number of rotatable bonds is 5. The quantitative estimate of drug-likeness (QED) is 0.667. The number of nitrogens with one attached hydrogen (secondary N) is 1. The van der Waals surface area contributed by atoms with E-state index in [2.05, 4.69) is 4.98 Å². The van der Waals surface area contributed by atoms with Gasteiger partial charge in [0.1, 0.15) is 0 Å². The summed E-state index contributed by atoms with van der Waals surface area (Å²) in [6.45, 7) is 2.55. The Hall–Kier alpha value is -2.71. The predicted octanol–water partition coefficient (Wildman–Crippen LogP) is 2.31. The number of fused-ring (bicyclic) bond motifs is 1. The summed E-state index contributed by atoms with van der Waals surface area (Å²) in [4.78, 5) is 28.4. The highest BCUT2D eigenvalue weighted by atomic mass is 32.2. The van der Waals surface area contributed by atoms with Crippen molar-refractivity contribution in [1.29, 1.82) is 0 Å². The van der Waals surface area contributed by atoms with Gasteiger partial charge in [0.2, 0.25) is 10.0 Å². The van der Waals surface area contributed by atoms with E-state index in [1.54, 1.807) is 0 Å². The molecule has 2 aromatic heterocycles. The van der Waals surface area contributed by atoms with Crippen molar-refractivity contribution in [2.75, 3.05) is 13.1 Å². The number of pyridine rings is 1. The fourth-order valence-corrected chi connectivity index (χ4v) is 5.27. The molecule has 0 atom stereocenters. The van der Waals surface area contributed by atoms with E-state index in [1.165, 1.54) is 27.2 Å². The average Bonchev–Trinajstić information content (AvgIpc) is 3.30. The third-order valence-electron chi connectivity index (χ3n) is 5.15. The number of hydrogen-bond donors (Lipinski definition) is 1. The third-order valence-corrected chi connectivity index (χ3v) is 7.03. The van der Waals surface area contributed by atoms with Gasteiger partial charge in [-0.05, 0) is 31.9 Å². The zero-order chi connectivity index (χ0) is 19.9. The molecule has 28 heavy (non-hydrogen) atoms. The number of para-hydroxylation sites is 1. The Morgan fingerprint density at radius 3 is 2.57 bits per heavy atom. The number of hydrogen-bond acceptors (Lipinski definition) is 4. The first-order valence-corrected chi connectivity index (χ1v) is 10.6. The summed E-state index contributed by atoms with van der Waals surface area (Å²) in [5, 5.41) is 0.791. The van der Waals surface area contributed by atoms with E-state index in [4.69, 9.17) is 0 Å². The third kappa shape index (κ3) is 3.18. The minimum absolute atomic E-state index is 0.0393. The van der Waals surface area contributed by atoms with E-state index in [-0.39, 0.29) is 17.2 Å². The van der Waals surface area contributed by atoms with Crippen LogP contribution >= 0.6 is 0 Å². The predicted molar refractivity (Wildman–Crippen MR) is 106 cm³/mol. The van der Waals surface area contributed by atoms with Crippen molar-refractivity contribution >= 4 is 26.7 Å². The maximum absolute atomic E-state index is 12.9. The van der Waals surface area contributed by atoms with Crippen LogP contribution in [0.1, 0.15) is 28.9 Å². The number of nitrogens with zero attached hydrogens (tertiary/aromatic N) is 2. The Balaban J connectivity index is 1.69. The molecule has 0 unspecified atom stereocenters. The van der Waals surface area contributed by atoms with Gasteiger partial charge in [0, 0.05) is 47.5 Å². The number of aromatic nitrogens is 2. The van der Waals surface area contributed by atoms with Gasteiger partial charge in [0.15, 0.2) is 5.78 Å². The van der Waals surface area contributed by atoms with Crippen LogP contribution < -0.4 is 5.56 Å². The summed E-state index contributed by atoms with van der Waals surface area (Å²) < 4.78 is 28.1. The molecule has 1 aromatic carbocycles. The smallest absolute Gasteiger partial charge is 0.251 e. The summed E-state index contributed by atoms with van der Waals surface area (Å²) in [5.74, 6) is -0.243. The maximum Gasteiger partial charge on any atom is 0.251 e. The first-order chi connectivity index (χ1) is 13.4. The minimum atomic E-state index is -3.65. The largest absolute Gasteiger partial charge is 0.358 e. The molecule has 0 radical (unpaired) electrons. The molecular formula is C20H21N3O4S. The molecule has 4 rings (SSSR count). The molecule has 3 heterocycles. The average molecular weight is 399 g/mol. The fraction of sp³-hybridized carbons (Fsp3) is 0.300. The van der Waals surface area contributed by atoms with E-state index in [1.807, 2.05) is 31.2 Å². The van der Waals surface area contributed by atoms with Crippen LogP contribution in [-0.4, -0.2) is 41.1 Å². The standard InChI is InChI=1S/C20H21N3O4S/c1-14-20(16-6-2-3-7-17(16)21-14)18(24)13-22-12-15(8-9-19(22)25)28(26,27)23-10-4-5-11-23/h2-3,6-9,12,21H,4-5,10-11,13H2,1H3. The summed E-state index contributed by atoms with van der Waals surface area (Å²) in [6.07, 6.45) is 2.94. The molecule has 0 saturated carbocycles. The number of sulfonamides is 1. The van der Waals surface area contributed by atoms with Crippen molar-refractivity contribution in [3.05, 3.63) is 64.2 Å².